The predicted molar refractivity (Wildman–Crippen MR) is 70.9 cm³/mol. The molecule has 0 unspecified atom stereocenters. The molecule has 18 heavy (non-hydrogen) atoms. The van der Waals surface area contributed by atoms with Crippen molar-refractivity contribution in [3.8, 4) is 0 Å². The van der Waals surface area contributed by atoms with E-state index in [1.807, 2.05) is 0 Å². The third kappa shape index (κ3) is 1.40. The van der Waals surface area contributed by atoms with Crippen molar-refractivity contribution in [1.29, 1.82) is 0 Å². The van der Waals surface area contributed by atoms with Gasteiger partial charge in [-0.2, -0.15) is 0 Å². The minimum Gasteiger partial charge on any atom is -0.346 e. The molecule has 2 spiro atoms. The zero-order valence-electron chi connectivity index (χ0n) is 9.94. The Hall–Kier alpha value is 0.800. The molecular weight excluding hydrogens is 368 g/mol. The Morgan fingerprint density at radius 2 is 1.00 bits per heavy atom. The van der Waals surface area contributed by atoms with E-state index in [4.69, 9.17) is 18.9 Å². The summed E-state index contributed by atoms with van der Waals surface area (Å²) >= 11 is 7.50. The van der Waals surface area contributed by atoms with Crippen molar-refractivity contribution in [3.05, 3.63) is 0 Å². The van der Waals surface area contributed by atoms with Crippen molar-refractivity contribution < 1.29 is 18.9 Å². The number of hydrogen-bond acceptors (Lipinski definition) is 4. The Balaban J connectivity index is 1.71. The quantitative estimate of drug-likeness (QED) is 0.600. The van der Waals surface area contributed by atoms with Gasteiger partial charge in [-0.25, -0.2) is 0 Å². The second kappa shape index (κ2) is 4.15. The topological polar surface area (TPSA) is 36.9 Å². The lowest BCUT2D eigenvalue weighted by molar-refractivity contribution is -0.202. The van der Waals surface area contributed by atoms with Gasteiger partial charge in [0.25, 0.3) is 0 Å². The molecule has 6 heteroatoms. The molecule has 4 fully saturated rings. The summed E-state index contributed by atoms with van der Waals surface area (Å²) < 4.78 is 23.9. The fourth-order valence-corrected chi connectivity index (χ4v) is 6.15. The molecular formula is C12H16Br2O4. The van der Waals surface area contributed by atoms with Crippen molar-refractivity contribution in [1.82, 2.24) is 0 Å². The highest BCUT2D eigenvalue weighted by Crippen LogP contribution is 2.62. The molecule has 2 aliphatic heterocycles. The molecule has 0 N–H and O–H groups in total. The van der Waals surface area contributed by atoms with Crippen LogP contribution < -0.4 is 0 Å². The van der Waals surface area contributed by atoms with Gasteiger partial charge in [0.05, 0.1) is 36.1 Å². The maximum Gasteiger partial charge on any atom is 0.184 e. The van der Waals surface area contributed by atoms with Gasteiger partial charge in [0.1, 0.15) is 0 Å². The number of hydrogen-bond donors (Lipinski definition) is 0. The molecule has 0 bridgehead atoms. The van der Waals surface area contributed by atoms with Gasteiger partial charge in [-0.05, 0) is 12.8 Å². The van der Waals surface area contributed by atoms with Gasteiger partial charge in [-0.15, -0.1) is 0 Å². The van der Waals surface area contributed by atoms with E-state index in [1.54, 1.807) is 0 Å². The van der Waals surface area contributed by atoms with Crippen molar-refractivity contribution in [3.63, 3.8) is 0 Å². The molecule has 4 rings (SSSR count). The van der Waals surface area contributed by atoms with Crippen LogP contribution in [0.25, 0.3) is 0 Å². The minimum atomic E-state index is -0.463. The Bertz CT molecular complexity index is 318. The average Bonchev–Trinajstić information content (AvgIpc) is 3.07. The van der Waals surface area contributed by atoms with E-state index in [-0.39, 0.29) is 9.65 Å². The van der Waals surface area contributed by atoms with E-state index in [0.717, 1.165) is 12.8 Å². The molecule has 0 radical (unpaired) electrons. The molecule has 0 aromatic carbocycles. The molecule has 2 saturated carbocycles. The second-order valence-electron chi connectivity index (χ2n) is 5.46. The lowest BCUT2D eigenvalue weighted by atomic mass is 9.94. The molecule has 0 amide bonds. The third-order valence-corrected chi connectivity index (χ3v) is 6.82. The maximum absolute atomic E-state index is 5.98. The van der Waals surface area contributed by atoms with Crippen molar-refractivity contribution >= 4 is 31.9 Å². The van der Waals surface area contributed by atoms with Crippen LogP contribution in [0, 0.1) is 11.8 Å². The Morgan fingerprint density at radius 1 is 0.667 bits per heavy atom. The van der Waals surface area contributed by atoms with Gasteiger partial charge in [0.2, 0.25) is 0 Å². The molecule has 102 valence electrons. The van der Waals surface area contributed by atoms with Crippen molar-refractivity contribution in [2.75, 3.05) is 26.4 Å². The first-order valence-electron chi connectivity index (χ1n) is 6.53. The normalized spacial score (nSPS) is 48.3. The largest absolute Gasteiger partial charge is 0.346 e. The van der Waals surface area contributed by atoms with E-state index in [0.29, 0.717) is 38.3 Å². The maximum atomic E-state index is 5.98. The molecule has 2 heterocycles. The first-order chi connectivity index (χ1) is 8.69. The van der Waals surface area contributed by atoms with E-state index in [9.17, 15) is 0 Å². The van der Waals surface area contributed by atoms with Crippen LogP contribution in [-0.2, 0) is 18.9 Å². The Morgan fingerprint density at radius 3 is 1.33 bits per heavy atom. The molecule has 2 aliphatic carbocycles. The van der Waals surface area contributed by atoms with Gasteiger partial charge >= 0.3 is 0 Å². The summed E-state index contributed by atoms with van der Waals surface area (Å²) in [5, 5.41) is 0. The SMILES string of the molecule is Br[C@@H]1C[C@H]2[C@@H](C[C@H](Br)C23OCCO3)C12OCCO2. The van der Waals surface area contributed by atoms with Gasteiger partial charge in [0, 0.05) is 11.8 Å². The van der Waals surface area contributed by atoms with Crippen LogP contribution in [0.1, 0.15) is 12.8 Å². The van der Waals surface area contributed by atoms with Gasteiger partial charge in [-0.3, -0.25) is 0 Å². The van der Waals surface area contributed by atoms with Crippen molar-refractivity contribution in [2.24, 2.45) is 11.8 Å². The molecule has 4 nitrogen and oxygen atoms in total. The van der Waals surface area contributed by atoms with Gasteiger partial charge in [-0.1, -0.05) is 31.9 Å². The van der Waals surface area contributed by atoms with Crippen LogP contribution >= 0.6 is 31.9 Å². The summed E-state index contributed by atoms with van der Waals surface area (Å²) in [4.78, 5) is 0.458. The number of rotatable bonds is 0. The van der Waals surface area contributed by atoms with E-state index in [2.05, 4.69) is 31.9 Å². The first-order valence-corrected chi connectivity index (χ1v) is 8.36. The highest BCUT2D eigenvalue weighted by molar-refractivity contribution is 9.09. The van der Waals surface area contributed by atoms with Gasteiger partial charge in [0.15, 0.2) is 11.6 Å². The first kappa shape index (κ1) is 12.5. The zero-order chi connectivity index (χ0) is 12.4. The van der Waals surface area contributed by atoms with Crippen LogP contribution in [0.2, 0.25) is 0 Å². The number of halogens is 2. The van der Waals surface area contributed by atoms with Crippen LogP contribution in [0.5, 0.6) is 0 Å². The average molecular weight is 384 g/mol. The van der Waals surface area contributed by atoms with E-state index < -0.39 is 11.6 Å². The Kier molecular flexibility index (Phi) is 2.89. The number of alkyl halides is 2. The predicted octanol–water partition coefficient (Wildman–Crippen LogP) is 2.04. The highest BCUT2D eigenvalue weighted by Gasteiger charge is 2.70. The molecule has 0 aromatic heterocycles. The van der Waals surface area contributed by atoms with Crippen LogP contribution in [-0.4, -0.2) is 47.7 Å². The zero-order valence-corrected chi connectivity index (χ0v) is 13.1. The monoisotopic (exact) mass is 382 g/mol. The third-order valence-electron chi connectivity index (χ3n) is 4.79. The summed E-state index contributed by atoms with van der Waals surface area (Å²) in [6.07, 6.45) is 1.96. The fraction of sp³-hybridized carbons (Fsp3) is 1.00. The Labute approximate surface area is 123 Å². The molecule has 4 atom stereocenters. The highest BCUT2D eigenvalue weighted by atomic mass is 79.9. The number of fused-ring (bicyclic) bond motifs is 3. The van der Waals surface area contributed by atoms with E-state index in [1.165, 1.54) is 0 Å². The lowest BCUT2D eigenvalue weighted by Gasteiger charge is -2.32. The fourth-order valence-electron chi connectivity index (χ4n) is 4.13. The number of ether oxygens (including phenoxy) is 4. The second-order valence-corrected chi connectivity index (χ2v) is 7.67. The molecule has 2 saturated heterocycles. The molecule has 0 aromatic rings. The van der Waals surface area contributed by atoms with Gasteiger partial charge < -0.3 is 18.9 Å². The minimum absolute atomic E-state index is 0.229. The standard InChI is InChI=1S/C12H16Br2O4/c13-9-6-8-7(11(9)15-1-2-16-11)5-10(14)12(8)17-3-4-18-12/h7-10H,1-6H2/t7-,8+,9-,10+. The van der Waals surface area contributed by atoms with Crippen molar-refractivity contribution in [2.45, 2.75) is 34.1 Å². The lowest BCUT2D eigenvalue weighted by Crippen LogP contribution is -2.43. The summed E-state index contributed by atoms with van der Waals surface area (Å²) in [7, 11) is 0. The van der Waals surface area contributed by atoms with Crippen LogP contribution in [0.3, 0.4) is 0 Å². The molecule has 4 aliphatic rings. The summed E-state index contributed by atoms with van der Waals surface area (Å²) in [5.41, 5.74) is 0. The smallest absolute Gasteiger partial charge is 0.184 e. The summed E-state index contributed by atoms with van der Waals surface area (Å²) in [6, 6.07) is 0. The summed E-state index contributed by atoms with van der Waals surface area (Å²) in [5.74, 6) is -0.246. The summed E-state index contributed by atoms with van der Waals surface area (Å²) in [6.45, 7) is 2.75. The van der Waals surface area contributed by atoms with Crippen LogP contribution in [0.4, 0.5) is 0 Å². The van der Waals surface area contributed by atoms with Crippen LogP contribution in [0.15, 0.2) is 0 Å². The van der Waals surface area contributed by atoms with E-state index >= 15 is 0 Å².